The normalized spacial score (nSPS) is 8.64. The van der Waals surface area contributed by atoms with Gasteiger partial charge in [0.2, 0.25) is 0 Å². The van der Waals surface area contributed by atoms with Gasteiger partial charge < -0.3 is 5.11 Å². The summed E-state index contributed by atoms with van der Waals surface area (Å²) in [6, 6.07) is 3.21. The van der Waals surface area contributed by atoms with Crippen LogP contribution < -0.4 is 0 Å². The van der Waals surface area contributed by atoms with E-state index in [1.165, 1.54) is 18.3 Å². The fourth-order valence-electron chi connectivity index (χ4n) is 0.682. The Labute approximate surface area is 64.2 Å². The lowest BCUT2D eigenvalue weighted by atomic mass is 10.2. The molecule has 1 N–H and O–H groups in total. The molecule has 1 heterocycles. The molecule has 0 amide bonds. The zero-order valence-electron chi connectivity index (χ0n) is 5.78. The number of nitriles is 1. The van der Waals surface area contributed by atoms with Crippen molar-refractivity contribution in [2.45, 2.75) is 0 Å². The maximum absolute atomic E-state index is 9.14. The van der Waals surface area contributed by atoms with Crippen molar-refractivity contribution in [2.75, 3.05) is 0 Å². The number of aromatic nitrogens is 1. The van der Waals surface area contributed by atoms with Crippen molar-refractivity contribution >= 4 is 6.08 Å². The molecule has 54 valence electrons. The highest BCUT2D eigenvalue weighted by molar-refractivity contribution is 5.52. The van der Waals surface area contributed by atoms with E-state index in [4.69, 9.17) is 10.4 Å². The molecule has 0 atom stereocenters. The van der Waals surface area contributed by atoms with Gasteiger partial charge in [0.05, 0.1) is 5.56 Å². The van der Waals surface area contributed by atoms with Gasteiger partial charge >= 0.3 is 0 Å². The van der Waals surface area contributed by atoms with Gasteiger partial charge in [-0.3, -0.25) is 4.98 Å². The van der Waals surface area contributed by atoms with E-state index >= 15 is 0 Å². The Morgan fingerprint density at radius 3 is 2.91 bits per heavy atom. The summed E-state index contributed by atoms with van der Waals surface area (Å²) in [5.74, 6) is -0.0148. The third kappa shape index (κ3) is 1.36. The summed E-state index contributed by atoms with van der Waals surface area (Å²) in [7, 11) is 0. The zero-order valence-corrected chi connectivity index (χ0v) is 5.78. The van der Waals surface area contributed by atoms with E-state index in [1.54, 1.807) is 0 Å². The molecular formula is C8H6N2O. The van der Waals surface area contributed by atoms with Gasteiger partial charge in [0.1, 0.15) is 17.5 Å². The van der Waals surface area contributed by atoms with Crippen LogP contribution in [0, 0.1) is 11.3 Å². The molecule has 0 aromatic carbocycles. The summed E-state index contributed by atoms with van der Waals surface area (Å²) in [5, 5.41) is 17.5. The van der Waals surface area contributed by atoms with E-state index in [0.717, 1.165) is 0 Å². The van der Waals surface area contributed by atoms with Gasteiger partial charge in [0, 0.05) is 12.3 Å². The van der Waals surface area contributed by atoms with Crippen LogP contribution in [0.2, 0.25) is 0 Å². The van der Waals surface area contributed by atoms with Crippen LogP contribution in [0.15, 0.2) is 18.8 Å². The largest absolute Gasteiger partial charge is 0.506 e. The predicted molar refractivity (Wildman–Crippen MR) is 40.7 cm³/mol. The Kier molecular flexibility index (Phi) is 1.88. The van der Waals surface area contributed by atoms with E-state index in [0.29, 0.717) is 11.3 Å². The van der Waals surface area contributed by atoms with Crippen molar-refractivity contribution < 1.29 is 5.11 Å². The minimum absolute atomic E-state index is 0.0148. The van der Waals surface area contributed by atoms with Gasteiger partial charge in [-0.1, -0.05) is 6.58 Å². The van der Waals surface area contributed by atoms with Crippen LogP contribution >= 0.6 is 0 Å². The van der Waals surface area contributed by atoms with Crippen molar-refractivity contribution in [3.05, 3.63) is 30.1 Å². The molecule has 0 aliphatic heterocycles. The van der Waals surface area contributed by atoms with Crippen LogP contribution in [0.4, 0.5) is 0 Å². The monoisotopic (exact) mass is 146 g/mol. The van der Waals surface area contributed by atoms with Gasteiger partial charge in [-0.2, -0.15) is 5.26 Å². The first-order valence-corrected chi connectivity index (χ1v) is 2.99. The topological polar surface area (TPSA) is 56.9 Å². The Balaban J connectivity index is 3.22. The molecule has 1 aromatic rings. The minimum atomic E-state index is -0.0148. The second-order valence-electron chi connectivity index (χ2n) is 1.94. The summed E-state index contributed by atoms with van der Waals surface area (Å²) >= 11 is 0. The first kappa shape index (κ1) is 7.29. The smallest absolute Gasteiger partial charge is 0.142 e. The molecule has 0 aliphatic carbocycles. The van der Waals surface area contributed by atoms with Gasteiger partial charge in [0.25, 0.3) is 0 Å². The lowest BCUT2D eigenvalue weighted by Crippen LogP contribution is -1.83. The zero-order chi connectivity index (χ0) is 8.27. The molecule has 3 nitrogen and oxygen atoms in total. The standard InChI is InChI=1S/C8H6N2O/c1-2-7-8(11)3-6(4-9)5-10-7/h2-3,5,11H,1H2. The van der Waals surface area contributed by atoms with E-state index < -0.39 is 0 Å². The van der Waals surface area contributed by atoms with Crippen molar-refractivity contribution in [3.63, 3.8) is 0 Å². The fourth-order valence-corrected chi connectivity index (χ4v) is 0.682. The average molecular weight is 146 g/mol. The van der Waals surface area contributed by atoms with Gasteiger partial charge in [-0.05, 0) is 6.08 Å². The molecule has 0 bridgehead atoms. The molecule has 0 aliphatic rings. The minimum Gasteiger partial charge on any atom is -0.506 e. The Hall–Kier alpha value is -1.82. The van der Waals surface area contributed by atoms with Crippen LogP contribution in [-0.2, 0) is 0 Å². The number of pyridine rings is 1. The highest BCUT2D eigenvalue weighted by Crippen LogP contribution is 2.15. The lowest BCUT2D eigenvalue weighted by Gasteiger charge is -1.95. The molecule has 0 unspecified atom stereocenters. The number of rotatable bonds is 1. The van der Waals surface area contributed by atoms with Crippen molar-refractivity contribution in [1.29, 1.82) is 5.26 Å². The predicted octanol–water partition coefficient (Wildman–Crippen LogP) is 1.30. The summed E-state index contributed by atoms with van der Waals surface area (Å²) in [4.78, 5) is 3.78. The lowest BCUT2D eigenvalue weighted by molar-refractivity contribution is 0.471. The molecule has 1 aromatic heterocycles. The molecule has 0 spiro atoms. The molecular weight excluding hydrogens is 140 g/mol. The summed E-state index contributed by atoms with van der Waals surface area (Å²) in [6.45, 7) is 3.44. The van der Waals surface area contributed by atoms with Gasteiger partial charge in [0.15, 0.2) is 0 Å². The maximum atomic E-state index is 9.14. The van der Waals surface area contributed by atoms with Gasteiger partial charge in [-0.25, -0.2) is 0 Å². The second kappa shape index (κ2) is 2.84. The molecule has 11 heavy (non-hydrogen) atoms. The average Bonchev–Trinajstić information content (AvgIpc) is 2.04. The first-order chi connectivity index (χ1) is 5.27. The second-order valence-corrected chi connectivity index (χ2v) is 1.94. The van der Waals surface area contributed by atoms with E-state index in [-0.39, 0.29) is 5.75 Å². The number of hydrogen-bond acceptors (Lipinski definition) is 3. The van der Waals surface area contributed by atoms with Crippen molar-refractivity contribution in [3.8, 4) is 11.8 Å². The third-order valence-corrected chi connectivity index (χ3v) is 1.22. The summed E-state index contributed by atoms with van der Waals surface area (Å²) in [5.41, 5.74) is 0.733. The van der Waals surface area contributed by atoms with Crippen LogP contribution in [-0.4, -0.2) is 10.1 Å². The summed E-state index contributed by atoms with van der Waals surface area (Å²) in [6.07, 6.45) is 2.81. The van der Waals surface area contributed by atoms with E-state index in [2.05, 4.69) is 11.6 Å². The molecule has 0 saturated carbocycles. The molecule has 0 saturated heterocycles. The van der Waals surface area contributed by atoms with Crippen molar-refractivity contribution in [2.24, 2.45) is 0 Å². The molecule has 0 fully saturated rings. The van der Waals surface area contributed by atoms with Crippen LogP contribution in [0.25, 0.3) is 6.08 Å². The third-order valence-electron chi connectivity index (χ3n) is 1.22. The Morgan fingerprint density at radius 1 is 1.73 bits per heavy atom. The van der Waals surface area contributed by atoms with E-state index in [1.807, 2.05) is 6.07 Å². The quantitative estimate of drug-likeness (QED) is 0.649. The van der Waals surface area contributed by atoms with Crippen molar-refractivity contribution in [1.82, 2.24) is 4.98 Å². The highest BCUT2D eigenvalue weighted by atomic mass is 16.3. The SMILES string of the molecule is C=Cc1ncc(C#N)cc1O. The van der Waals surface area contributed by atoms with Crippen LogP contribution in [0.1, 0.15) is 11.3 Å². The summed E-state index contributed by atoms with van der Waals surface area (Å²) < 4.78 is 0. The maximum Gasteiger partial charge on any atom is 0.142 e. The van der Waals surface area contributed by atoms with E-state index in [9.17, 15) is 0 Å². The number of aromatic hydroxyl groups is 1. The van der Waals surface area contributed by atoms with Crippen LogP contribution in [0.5, 0.6) is 5.75 Å². The molecule has 3 heteroatoms. The molecule has 1 rings (SSSR count). The Morgan fingerprint density at radius 2 is 2.45 bits per heavy atom. The van der Waals surface area contributed by atoms with Crippen LogP contribution in [0.3, 0.4) is 0 Å². The Bertz CT molecular complexity index is 325. The number of hydrogen-bond donors (Lipinski definition) is 1. The van der Waals surface area contributed by atoms with Gasteiger partial charge in [-0.15, -0.1) is 0 Å². The fraction of sp³-hybridized carbons (Fsp3) is 0. The first-order valence-electron chi connectivity index (χ1n) is 2.99. The number of nitrogens with zero attached hydrogens (tertiary/aromatic N) is 2. The highest BCUT2D eigenvalue weighted by Gasteiger charge is 1.98. The molecule has 0 radical (unpaired) electrons.